The Kier molecular flexibility index (Phi) is 35.8. The van der Waals surface area contributed by atoms with Crippen LogP contribution in [0.5, 0.6) is 0 Å². The molecule has 64 heavy (non-hydrogen) atoms. The Morgan fingerprint density at radius 3 is 0.922 bits per heavy atom. The summed E-state index contributed by atoms with van der Waals surface area (Å²) in [5.74, 6) is -4.00. The number of unbranched alkanes of at least 4 members (excludes halogenated alkanes) is 7. The zero-order valence-electron chi connectivity index (χ0n) is 38.3. The minimum atomic E-state index is -1.30. The largest absolute Gasteiger partial charge is 0.480 e. The van der Waals surface area contributed by atoms with Gasteiger partial charge in [0.25, 0.3) is 0 Å². The van der Waals surface area contributed by atoms with Gasteiger partial charge in [-0.25, -0.2) is 4.79 Å². The average Bonchev–Trinajstić information content (AvgIpc) is 3.26. The molecule has 0 aliphatic rings. The molecule has 372 valence electrons. The molecule has 0 aliphatic carbocycles. The molecule has 0 radical (unpaired) electrons. The highest BCUT2D eigenvalue weighted by molar-refractivity contribution is 5.92. The van der Waals surface area contributed by atoms with E-state index in [1.165, 1.54) is 0 Å². The Morgan fingerprint density at radius 1 is 0.328 bits per heavy atom. The second-order valence-electron chi connectivity index (χ2n) is 16.4. The monoisotopic (exact) mass is 915 g/mol. The minimum absolute atomic E-state index is 0.0218. The molecule has 0 spiro atoms. The Morgan fingerprint density at radius 2 is 0.594 bits per heavy atom. The number of hydrogen-bond donors (Lipinski definition) is 15. The van der Waals surface area contributed by atoms with Gasteiger partial charge < -0.3 is 82.9 Å². The van der Waals surface area contributed by atoms with E-state index >= 15 is 0 Å². The molecule has 0 heterocycles. The summed E-state index contributed by atoms with van der Waals surface area (Å²) in [6, 6.07) is -6.32. The number of aliphatic carboxylic acids is 1. The zero-order chi connectivity index (χ0) is 48.1. The van der Waals surface area contributed by atoms with Gasteiger partial charge in [0.05, 0.1) is 24.2 Å². The van der Waals surface area contributed by atoms with Crippen LogP contribution < -0.4 is 77.8 Å². The topological polar surface area (TPSA) is 420 Å². The van der Waals surface area contributed by atoms with Crippen molar-refractivity contribution in [1.82, 2.24) is 31.9 Å². The number of nitrogens with two attached hydrogens (primary N) is 8. The van der Waals surface area contributed by atoms with Gasteiger partial charge in [-0.15, -0.1) is 0 Å². The molecule has 0 aromatic heterocycles. The summed E-state index contributed by atoms with van der Waals surface area (Å²) in [5, 5.41) is 26.3. The Labute approximate surface area is 380 Å². The summed E-state index contributed by atoms with van der Waals surface area (Å²) < 4.78 is 0. The molecule has 22 heteroatoms. The van der Waals surface area contributed by atoms with Crippen molar-refractivity contribution in [2.75, 3.05) is 45.8 Å². The van der Waals surface area contributed by atoms with Crippen LogP contribution in [-0.4, -0.2) is 135 Å². The van der Waals surface area contributed by atoms with Gasteiger partial charge in [0.1, 0.15) is 18.1 Å². The molecular weight excluding hydrogens is 829 g/mol. The van der Waals surface area contributed by atoms with Crippen molar-refractivity contribution in [1.29, 1.82) is 0 Å². The van der Waals surface area contributed by atoms with Crippen LogP contribution in [0.4, 0.5) is 0 Å². The lowest BCUT2D eigenvalue weighted by atomic mass is 10.0. The Balaban J connectivity index is 5.38. The molecule has 0 rings (SSSR count). The van der Waals surface area contributed by atoms with Crippen molar-refractivity contribution >= 4 is 41.4 Å². The minimum Gasteiger partial charge on any atom is -0.480 e. The number of carbonyl (C=O) groups excluding carboxylic acids is 6. The fourth-order valence-corrected chi connectivity index (χ4v) is 6.62. The molecule has 0 bridgehead atoms. The zero-order valence-corrected chi connectivity index (χ0v) is 38.3. The van der Waals surface area contributed by atoms with Crippen LogP contribution in [0.3, 0.4) is 0 Å². The highest BCUT2D eigenvalue weighted by Gasteiger charge is 2.28. The molecule has 7 atom stereocenters. The molecule has 0 aromatic carbocycles. The lowest BCUT2D eigenvalue weighted by molar-refractivity contribution is -0.142. The lowest BCUT2D eigenvalue weighted by Gasteiger charge is -2.23. The fraction of sp³-hybridized carbons (Fsp3) is 0.833. The highest BCUT2D eigenvalue weighted by Crippen LogP contribution is 2.09. The summed E-state index contributed by atoms with van der Waals surface area (Å²) in [6.45, 7) is 2.74. The number of hydrogen-bond acceptors (Lipinski definition) is 15. The van der Waals surface area contributed by atoms with E-state index in [2.05, 4.69) is 31.9 Å². The number of rotatable bonds is 41. The molecular formula is C42H86N14O8. The third kappa shape index (κ3) is 29.4. The van der Waals surface area contributed by atoms with Crippen LogP contribution in [0.2, 0.25) is 0 Å². The summed E-state index contributed by atoms with van der Waals surface area (Å²) in [5.41, 5.74) is 46.2. The Bertz CT molecular complexity index is 1330. The van der Waals surface area contributed by atoms with Crippen LogP contribution >= 0.6 is 0 Å². The van der Waals surface area contributed by atoms with Crippen LogP contribution in [0.25, 0.3) is 0 Å². The highest BCUT2D eigenvalue weighted by atomic mass is 16.4. The first-order valence-corrected chi connectivity index (χ1v) is 23.4. The normalized spacial score (nSPS) is 14.5. The van der Waals surface area contributed by atoms with Gasteiger partial charge in [0.15, 0.2) is 0 Å². The molecule has 22 nitrogen and oxygen atoms in total. The molecule has 0 aromatic rings. The summed E-state index contributed by atoms with van der Waals surface area (Å²) in [6.07, 6.45) is 10.5. The van der Waals surface area contributed by atoms with E-state index in [4.69, 9.17) is 45.9 Å². The van der Waals surface area contributed by atoms with Crippen molar-refractivity contribution in [3.8, 4) is 0 Å². The van der Waals surface area contributed by atoms with Crippen molar-refractivity contribution in [2.24, 2.45) is 45.9 Å². The Hall–Kier alpha value is -4.03. The van der Waals surface area contributed by atoms with E-state index in [0.717, 1.165) is 25.7 Å². The first-order chi connectivity index (χ1) is 30.6. The van der Waals surface area contributed by atoms with E-state index in [-0.39, 0.29) is 37.6 Å². The predicted molar refractivity (Wildman–Crippen MR) is 248 cm³/mol. The maximum absolute atomic E-state index is 13.5. The molecule has 0 aliphatic heterocycles. The van der Waals surface area contributed by atoms with Crippen molar-refractivity contribution in [2.45, 2.75) is 177 Å². The second-order valence-corrected chi connectivity index (χ2v) is 16.4. The van der Waals surface area contributed by atoms with Gasteiger partial charge in [-0.05, 0) is 135 Å². The summed E-state index contributed by atoms with van der Waals surface area (Å²) in [7, 11) is 0. The number of amides is 6. The molecule has 0 fully saturated rings. The van der Waals surface area contributed by atoms with E-state index in [1.807, 2.05) is 0 Å². The smallest absolute Gasteiger partial charge is 0.326 e. The van der Waals surface area contributed by atoms with Gasteiger partial charge in [-0.1, -0.05) is 25.7 Å². The number of carboxylic acids is 1. The summed E-state index contributed by atoms with van der Waals surface area (Å²) >= 11 is 0. The van der Waals surface area contributed by atoms with Crippen LogP contribution in [0.1, 0.15) is 135 Å². The quantitative estimate of drug-likeness (QED) is 0.0276. The van der Waals surface area contributed by atoms with E-state index in [1.54, 1.807) is 0 Å². The van der Waals surface area contributed by atoms with Crippen LogP contribution in [0, 0.1) is 0 Å². The molecule has 0 saturated heterocycles. The average molecular weight is 915 g/mol. The van der Waals surface area contributed by atoms with E-state index in [0.29, 0.717) is 129 Å². The van der Waals surface area contributed by atoms with Crippen molar-refractivity contribution in [3.63, 3.8) is 0 Å². The third-order valence-electron chi connectivity index (χ3n) is 10.8. The maximum atomic E-state index is 13.5. The maximum Gasteiger partial charge on any atom is 0.326 e. The standard InChI is InChI=1S/C42H86N14O8/c43-22-8-1-15-29(47)36(57)51-26-12-5-19-33(54-38(59)31(49)17-3-10-24-45)40(61)53-28-14-7-21-35(42(63)64)56-41(62)34(55-39(60)32(50)18-4-11-25-46)20-6-13-27-52-37(58)30(48)16-2-9-23-44/h29-35H,1-28,43-50H2,(H,51,57)(H,52,58)(H,53,61)(H,54,59)(H,55,60)(H,56,62)(H,63,64)/t29-,30-,31-,32-,33-,34-,35-/m0/s1. The van der Waals surface area contributed by atoms with Crippen LogP contribution in [0.15, 0.2) is 0 Å². The van der Waals surface area contributed by atoms with Crippen molar-refractivity contribution < 1.29 is 38.7 Å². The van der Waals surface area contributed by atoms with Crippen LogP contribution in [-0.2, 0) is 33.6 Å². The summed E-state index contributed by atoms with van der Waals surface area (Å²) in [4.78, 5) is 89.6. The number of carboxylic acid groups (broad SMARTS) is 1. The van der Waals surface area contributed by atoms with Gasteiger partial charge >= 0.3 is 5.97 Å². The predicted octanol–water partition coefficient (Wildman–Crippen LogP) is -2.79. The number of carbonyl (C=O) groups is 7. The first-order valence-electron chi connectivity index (χ1n) is 23.4. The molecule has 23 N–H and O–H groups in total. The van der Waals surface area contributed by atoms with E-state index in [9.17, 15) is 38.7 Å². The van der Waals surface area contributed by atoms with E-state index < -0.39 is 71.9 Å². The third-order valence-corrected chi connectivity index (χ3v) is 10.8. The van der Waals surface area contributed by atoms with Gasteiger partial charge in [-0.3, -0.25) is 28.8 Å². The SMILES string of the molecule is NCCCC[C@H](N)C(=O)NCCCC[C@H](NC(=O)[C@@H](N)CCCCN)C(=O)NCCCC[C@H](NC(=O)[C@H](CCCCNC(=O)[C@@H](N)CCCCN)NC(=O)[C@@H](N)CCCCN)C(=O)O. The second kappa shape index (κ2) is 38.3. The fourth-order valence-electron chi connectivity index (χ4n) is 6.62. The van der Waals surface area contributed by atoms with Gasteiger partial charge in [0.2, 0.25) is 35.4 Å². The van der Waals surface area contributed by atoms with Gasteiger partial charge in [-0.2, -0.15) is 0 Å². The van der Waals surface area contributed by atoms with Gasteiger partial charge in [0, 0.05) is 19.6 Å². The van der Waals surface area contributed by atoms with Crippen molar-refractivity contribution in [3.05, 3.63) is 0 Å². The molecule has 6 amide bonds. The molecule has 0 saturated carbocycles. The first kappa shape index (κ1) is 60.0. The molecule has 0 unspecified atom stereocenters. The number of nitrogens with one attached hydrogen (secondary N) is 6. The lowest BCUT2D eigenvalue weighted by Crippen LogP contribution is -2.54.